The topological polar surface area (TPSA) is 78.9 Å². The van der Waals surface area contributed by atoms with Crippen molar-refractivity contribution in [2.45, 2.75) is 367 Å². The van der Waals surface area contributed by atoms with Crippen LogP contribution in [0.1, 0.15) is 361 Å². The van der Waals surface area contributed by atoms with Gasteiger partial charge in [-0.15, -0.1) is 0 Å². The van der Waals surface area contributed by atoms with Crippen molar-refractivity contribution in [3.63, 3.8) is 0 Å². The van der Waals surface area contributed by atoms with Crippen molar-refractivity contribution in [1.29, 1.82) is 0 Å². The summed E-state index contributed by atoms with van der Waals surface area (Å²) in [5, 5.41) is 0. The predicted molar refractivity (Wildman–Crippen MR) is 358 cm³/mol. The average Bonchev–Trinajstić information content (AvgIpc) is 3.47. The zero-order chi connectivity index (χ0) is 59.2. The van der Waals surface area contributed by atoms with E-state index in [4.69, 9.17) is 14.2 Å². The maximum Gasteiger partial charge on any atom is 0.306 e. The molecule has 1 atom stereocenters. The van der Waals surface area contributed by atoms with Crippen LogP contribution in [0.25, 0.3) is 0 Å². The van der Waals surface area contributed by atoms with Crippen LogP contribution in [-0.4, -0.2) is 37.2 Å². The molecule has 0 aromatic heterocycles. The van der Waals surface area contributed by atoms with Gasteiger partial charge in [0.2, 0.25) is 0 Å². The molecule has 0 saturated carbocycles. The molecule has 0 aromatic rings. The third-order valence-corrected chi connectivity index (χ3v) is 15.6. The molecule has 0 aliphatic rings. The van der Waals surface area contributed by atoms with E-state index in [1.165, 1.54) is 218 Å². The van der Waals surface area contributed by atoms with E-state index in [0.717, 1.165) is 103 Å². The Kier molecular flexibility index (Phi) is 67.2. The van der Waals surface area contributed by atoms with Gasteiger partial charge in [-0.1, -0.05) is 331 Å². The number of hydrogen-bond donors (Lipinski definition) is 0. The van der Waals surface area contributed by atoms with E-state index < -0.39 is 6.10 Å². The minimum atomic E-state index is -0.780. The van der Waals surface area contributed by atoms with Gasteiger partial charge in [-0.3, -0.25) is 14.4 Å². The lowest BCUT2D eigenvalue weighted by atomic mass is 10.0. The minimum Gasteiger partial charge on any atom is -0.462 e. The first kappa shape index (κ1) is 78.6. The summed E-state index contributed by atoms with van der Waals surface area (Å²) < 4.78 is 16.9. The Labute approximate surface area is 509 Å². The molecule has 0 rings (SSSR count). The maximum atomic E-state index is 12.9. The fraction of sp³-hybridized carbons (Fsp3) is 0.776. The van der Waals surface area contributed by atoms with Gasteiger partial charge >= 0.3 is 17.9 Å². The molecule has 1 unspecified atom stereocenters. The highest BCUT2D eigenvalue weighted by Crippen LogP contribution is 2.18. The van der Waals surface area contributed by atoms with Gasteiger partial charge < -0.3 is 14.2 Å². The molecule has 0 spiro atoms. The van der Waals surface area contributed by atoms with Gasteiger partial charge in [-0.05, 0) is 96.3 Å². The van der Waals surface area contributed by atoms with Crippen LogP contribution in [0.15, 0.2) is 85.1 Å². The Morgan fingerprint density at radius 2 is 0.476 bits per heavy atom. The van der Waals surface area contributed by atoms with Crippen molar-refractivity contribution in [1.82, 2.24) is 0 Å². The fourth-order valence-corrected chi connectivity index (χ4v) is 10.3. The summed E-state index contributed by atoms with van der Waals surface area (Å²) in [6.07, 6.45) is 93.6. The first-order valence-corrected chi connectivity index (χ1v) is 35.6. The zero-order valence-corrected chi connectivity index (χ0v) is 54.5. The van der Waals surface area contributed by atoms with Crippen molar-refractivity contribution in [2.75, 3.05) is 13.2 Å². The Morgan fingerprint density at radius 3 is 0.744 bits per heavy atom. The molecule has 474 valence electrons. The number of hydrogen-bond acceptors (Lipinski definition) is 6. The molecule has 0 aliphatic heterocycles. The van der Waals surface area contributed by atoms with Gasteiger partial charge in [0.05, 0.1) is 0 Å². The van der Waals surface area contributed by atoms with E-state index in [1.807, 2.05) is 0 Å². The maximum absolute atomic E-state index is 12.9. The molecule has 0 aromatic carbocycles. The normalized spacial score (nSPS) is 12.6. The van der Waals surface area contributed by atoms with E-state index in [-0.39, 0.29) is 31.1 Å². The first-order valence-electron chi connectivity index (χ1n) is 35.6. The summed E-state index contributed by atoms with van der Waals surface area (Å²) >= 11 is 0. The van der Waals surface area contributed by atoms with E-state index in [0.29, 0.717) is 19.3 Å². The molecule has 0 amide bonds. The second-order valence-corrected chi connectivity index (χ2v) is 23.8. The third-order valence-electron chi connectivity index (χ3n) is 15.6. The molecular weight excluding hydrogens is 1010 g/mol. The Bertz CT molecular complexity index is 1550. The Morgan fingerprint density at radius 1 is 0.256 bits per heavy atom. The van der Waals surface area contributed by atoms with Gasteiger partial charge in [-0.25, -0.2) is 0 Å². The summed E-state index contributed by atoms with van der Waals surface area (Å²) in [6.45, 7) is 6.52. The highest BCUT2D eigenvalue weighted by atomic mass is 16.6. The van der Waals surface area contributed by atoms with Crippen molar-refractivity contribution >= 4 is 17.9 Å². The number of esters is 3. The smallest absolute Gasteiger partial charge is 0.306 e. The van der Waals surface area contributed by atoms with E-state index in [2.05, 4.69) is 106 Å². The molecule has 0 saturated heterocycles. The summed E-state index contributed by atoms with van der Waals surface area (Å²) in [5.74, 6) is -0.876. The monoisotopic (exact) mass is 1140 g/mol. The first-order chi connectivity index (χ1) is 40.5. The van der Waals surface area contributed by atoms with E-state index in [1.54, 1.807) is 0 Å². The van der Waals surface area contributed by atoms with Crippen LogP contribution in [-0.2, 0) is 28.6 Å². The standard InChI is InChI=1S/C76H134O6/c1-4-7-10-13-16-19-21-23-25-27-29-31-33-34-35-36-37-38-39-40-41-42-44-45-47-49-51-53-55-57-60-63-66-69-75(78)81-72-73(71-80-74(77)68-65-62-59-18-15-12-9-6-3)82-76(79)70-67-64-61-58-56-54-52-50-48-46-43-32-30-28-26-24-22-20-17-14-11-8-5-2/h8,11,17,20-21,23-24,26-27,29-30,32,46,48,73H,4-7,9-10,12-16,18-19,22,25,28,31,33-45,47,49-72H2,1-3H3/b11-8-,20-17-,23-21-,26-24-,29-27-,32-30-,48-46-. The van der Waals surface area contributed by atoms with Crippen LogP contribution in [0, 0.1) is 0 Å². The number of rotatable bonds is 65. The van der Waals surface area contributed by atoms with Crippen LogP contribution < -0.4 is 0 Å². The highest BCUT2D eigenvalue weighted by molar-refractivity contribution is 5.71. The number of unbranched alkanes of at least 4 members (excludes halogenated alkanes) is 40. The van der Waals surface area contributed by atoms with Crippen LogP contribution in [0.5, 0.6) is 0 Å². The van der Waals surface area contributed by atoms with Gasteiger partial charge in [0.15, 0.2) is 6.10 Å². The molecule has 82 heavy (non-hydrogen) atoms. The molecule has 0 radical (unpaired) electrons. The summed E-state index contributed by atoms with van der Waals surface area (Å²) in [5.41, 5.74) is 0. The number of carbonyl (C=O) groups is 3. The molecule has 0 aliphatic carbocycles. The lowest BCUT2D eigenvalue weighted by Crippen LogP contribution is -2.30. The molecule has 6 heteroatoms. The van der Waals surface area contributed by atoms with Gasteiger partial charge in [0.1, 0.15) is 13.2 Å². The van der Waals surface area contributed by atoms with Crippen molar-refractivity contribution in [3.05, 3.63) is 85.1 Å². The lowest BCUT2D eigenvalue weighted by Gasteiger charge is -2.18. The second-order valence-electron chi connectivity index (χ2n) is 23.8. The van der Waals surface area contributed by atoms with Crippen LogP contribution >= 0.6 is 0 Å². The van der Waals surface area contributed by atoms with E-state index in [9.17, 15) is 14.4 Å². The largest absolute Gasteiger partial charge is 0.462 e. The molecule has 0 fully saturated rings. The highest BCUT2D eigenvalue weighted by Gasteiger charge is 2.19. The fourth-order valence-electron chi connectivity index (χ4n) is 10.3. The zero-order valence-electron chi connectivity index (χ0n) is 54.5. The molecule has 0 heterocycles. The number of ether oxygens (including phenoxy) is 3. The summed E-state index contributed by atoms with van der Waals surface area (Å²) in [4.78, 5) is 38.2. The van der Waals surface area contributed by atoms with Crippen LogP contribution in [0.2, 0.25) is 0 Å². The third kappa shape index (κ3) is 67.4. The van der Waals surface area contributed by atoms with Gasteiger partial charge in [-0.2, -0.15) is 0 Å². The SMILES string of the molecule is CC/C=C\C/C=C\C/C=C\C/C=C\C/C=C\CCCCCCCCCC(=O)OC(COC(=O)CCCCCCCCCC)COC(=O)CCCCCCCCCCCCCCCCCCCCCCC/C=C\C/C=C\CCCCCCC. The molecular formula is C76H134O6. The summed E-state index contributed by atoms with van der Waals surface area (Å²) in [6, 6.07) is 0. The van der Waals surface area contributed by atoms with Crippen LogP contribution in [0.3, 0.4) is 0 Å². The number of allylic oxidation sites excluding steroid dienone is 14. The average molecular weight is 1140 g/mol. The molecule has 6 nitrogen and oxygen atoms in total. The quantitative estimate of drug-likeness (QED) is 0.0261. The van der Waals surface area contributed by atoms with E-state index >= 15 is 0 Å². The van der Waals surface area contributed by atoms with Gasteiger partial charge in [0, 0.05) is 19.3 Å². The summed E-state index contributed by atoms with van der Waals surface area (Å²) in [7, 11) is 0. The Hall–Kier alpha value is -3.41. The van der Waals surface area contributed by atoms with Crippen molar-refractivity contribution in [3.8, 4) is 0 Å². The second kappa shape index (κ2) is 70.1. The predicted octanol–water partition coefficient (Wildman–Crippen LogP) is 24.6. The minimum absolute atomic E-state index is 0.0769. The van der Waals surface area contributed by atoms with Crippen molar-refractivity contribution < 1.29 is 28.6 Å². The van der Waals surface area contributed by atoms with Crippen molar-refractivity contribution in [2.24, 2.45) is 0 Å². The number of carbonyl (C=O) groups excluding carboxylic acids is 3. The Balaban J connectivity index is 4.07. The van der Waals surface area contributed by atoms with Crippen LogP contribution in [0.4, 0.5) is 0 Å². The molecule has 0 N–H and O–H groups in total. The molecule has 0 bridgehead atoms. The lowest BCUT2D eigenvalue weighted by molar-refractivity contribution is -0.167. The van der Waals surface area contributed by atoms with Gasteiger partial charge in [0.25, 0.3) is 0 Å².